The number of hydrogen-bond donors (Lipinski definition) is 1. The molecule has 1 saturated carbocycles. The molecule has 1 fully saturated rings. The lowest BCUT2D eigenvalue weighted by Crippen LogP contribution is -2.41. The Morgan fingerprint density at radius 1 is 1.65 bits per heavy atom. The quantitative estimate of drug-likeness (QED) is 0.599. The summed E-state index contributed by atoms with van der Waals surface area (Å²) in [7, 11) is 1.41. The Morgan fingerprint density at radius 3 is 3.06 bits per heavy atom. The summed E-state index contributed by atoms with van der Waals surface area (Å²) in [6, 6.07) is 0.209. The Labute approximate surface area is 104 Å². The van der Waals surface area contributed by atoms with E-state index in [4.69, 9.17) is 4.74 Å². The minimum atomic E-state index is -0.264. The summed E-state index contributed by atoms with van der Waals surface area (Å²) in [5, 5.41) is 4.09. The van der Waals surface area contributed by atoms with Crippen LogP contribution >= 0.6 is 11.8 Å². The first-order valence-electron chi connectivity index (χ1n) is 5.52. The van der Waals surface area contributed by atoms with Crippen LogP contribution < -0.4 is 5.32 Å². The van der Waals surface area contributed by atoms with Gasteiger partial charge in [0.15, 0.2) is 0 Å². The van der Waals surface area contributed by atoms with Crippen molar-refractivity contribution in [1.82, 2.24) is 15.3 Å². The number of hydrogen-bond acceptors (Lipinski definition) is 6. The fourth-order valence-corrected chi connectivity index (χ4v) is 2.23. The van der Waals surface area contributed by atoms with Crippen molar-refractivity contribution < 1.29 is 9.53 Å². The van der Waals surface area contributed by atoms with Gasteiger partial charge in [0.1, 0.15) is 11.1 Å². The van der Waals surface area contributed by atoms with Crippen LogP contribution in [0, 0.1) is 0 Å². The SMILES string of the molecule is COC(=O)C(CSc1cnccn1)NC1CC1. The largest absolute Gasteiger partial charge is 0.468 e. The van der Waals surface area contributed by atoms with Crippen molar-refractivity contribution in [3.8, 4) is 0 Å². The Hall–Kier alpha value is -1.14. The van der Waals surface area contributed by atoms with Crippen LogP contribution in [0.5, 0.6) is 0 Å². The van der Waals surface area contributed by atoms with E-state index in [-0.39, 0.29) is 12.0 Å². The van der Waals surface area contributed by atoms with Crippen LogP contribution in [0.1, 0.15) is 12.8 Å². The molecule has 6 heteroatoms. The molecule has 0 spiro atoms. The van der Waals surface area contributed by atoms with Crippen LogP contribution in [0.25, 0.3) is 0 Å². The number of rotatable bonds is 6. The summed E-state index contributed by atoms with van der Waals surface area (Å²) in [6.07, 6.45) is 7.25. The van der Waals surface area contributed by atoms with Gasteiger partial charge in [-0.15, -0.1) is 11.8 Å². The molecule has 1 aromatic heterocycles. The molecule has 5 nitrogen and oxygen atoms in total. The molecule has 2 rings (SSSR count). The van der Waals surface area contributed by atoms with Gasteiger partial charge >= 0.3 is 5.97 Å². The van der Waals surface area contributed by atoms with E-state index in [1.54, 1.807) is 18.6 Å². The number of carbonyl (C=O) groups excluding carboxylic acids is 1. The third-order valence-corrected chi connectivity index (χ3v) is 3.44. The van der Waals surface area contributed by atoms with E-state index >= 15 is 0 Å². The first-order valence-corrected chi connectivity index (χ1v) is 6.51. The zero-order valence-electron chi connectivity index (χ0n) is 9.63. The predicted molar refractivity (Wildman–Crippen MR) is 64.7 cm³/mol. The first kappa shape index (κ1) is 12.3. The molecule has 0 saturated heterocycles. The molecular weight excluding hydrogens is 238 g/mol. The van der Waals surface area contributed by atoms with Crippen molar-refractivity contribution in [2.45, 2.75) is 30.0 Å². The van der Waals surface area contributed by atoms with Crippen molar-refractivity contribution in [1.29, 1.82) is 0 Å². The predicted octanol–water partition coefficient (Wildman–Crippen LogP) is 0.862. The fraction of sp³-hybridized carbons (Fsp3) is 0.545. The fourth-order valence-electron chi connectivity index (χ4n) is 1.39. The summed E-state index contributed by atoms with van der Waals surface area (Å²) >= 11 is 1.51. The van der Waals surface area contributed by atoms with Crippen molar-refractivity contribution in [2.75, 3.05) is 12.9 Å². The monoisotopic (exact) mass is 253 g/mol. The number of nitrogens with one attached hydrogen (secondary N) is 1. The molecule has 1 unspecified atom stereocenters. The lowest BCUT2D eigenvalue weighted by Gasteiger charge is -2.15. The minimum Gasteiger partial charge on any atom is -0.468 e. The number of thioether (sulfide) groups is 1. The topological polar surface area (TPSA) is 64.1 Å². The number of aromatic nitrogens is 2. The molecule has 1 aliphatic rings. The maximum atomic E-state index is 11.6. The van der Waals surface area contributed by atoms with Gasteiger partial charge in [-0.1, -0.05) is 0 Å². The van der Waals surface area contributed by atoms with Crippen LogP contribution in [-0.4, -0.2) is 40.9 Å². The van der Waals surface area contributed by atoms with E-state index in [0.717, 1.165) is 17.9 Å². The maximum absolute atomic E-state index is 11.6. The molecule has 0 radical (unpaired) electrons. The van der Waals surface area contributed by atoms with Gasteiger partial charge in [0.05, 0.1) is 13.3 Å². The first-order chi connectivity index (χ1) is 8.29. The van der Waals surface area contributed by atoms with Gasteiger partial charge in [-0.2, -0.15) is 0 Å². The standard InChI is InChI=1S/C11H15N3O2S/c1-16-11(15)9(14-8-2-3-8)7-17-10-6-12-4-5-13-10/h4-6,8-9,14H,2-3,7H2,1H3. The van der Waals surface area contributed by atoms with Gasteiger partial charge in [-0.3, -0.25) is 9.78 Å². The second-order valence-corrected chi connectivity index (χ2v) is 4.91. The highest BCUT2D eigenvalue weighted by molar-refractivity contribution is 7.99. The minimum absolute atomic E-state index is 0.215. The molecule has 1 aromatic rings. The smallest absolute Gasteiger partial charge is 0.323 e. The Kier molecular flexibility index (Phi) is 4.33. The van der Waals surface area contributed by atoms with Gasteiger partial charge < -0.3 is 10.1 Å². The molecule has 0 amide bonds. The van der Waals surface area contributed by atoms with E-state index in [1.807, 2.05) is 0 Å². The summed E-state index contributed by atoms with van der Waals surface area (Å²) in [6.45, 7) is 0. The Morgan fingerprint density at radius 2 is 2.47 bits per heavy atom. The average molecular weight is 253 g/mol. The molecule has 0 bridgehead atoms. The summed E-state index contributed by atoms with van der Waals surface area (Å²) in [5.74, 6) is 0.398. The van der Waals surface area contributed by atoms with Gasteiger partial charge in [0.2, 0.25) is 0 Å². The Balaban J connectivity index is 1.86. The highest BCUT2D eigenvalue weighted by Crippen LogP contribution is 2.22. The van der Waals surface area contributed by atoms with E-state index < -0.39 is 0 Å². The van der Waals surface area contributed by atoms with Crippen molar-refractivity contribution in [3.05, 3.63) is 18.6 Å². The summed E-state index contributed by atoms with van der Waals surface area (Å²) in [4.78, 5) is 19.7. The molecule has 1 heterocycles. The van der Waals surface area contributed by atoms with E-state index in [9.17, 15) is 4.79 Å². The lowest BCUT2D eigenvalue weighted by atomic mass is 10.3. The van der Waals surface area contributed by atoms with E-state index in [2.05, 4.69) is 15.3 Å². The summed E-state index contributed by atoms with van der Waals surface area (Å²) < 4.78 is 4.78. The molecule has 1 aliphatic carbocycles. The van der Waals surface area contributed by atoms with E-state index in [0.29, 0.717) is 11.8 Å². The number of methoxy groups -OCH3 is 1. The second-order valence-electron chi connectivity index (χ2n) is 3.87. The van der Waals surface area contributed by atoms with Gasteiger partial charge in [-0.25, -0.2) is 4.98 Å². The van der Waals surface area contributed by atoms with Crippen molar-refractivity contribution in [2.24, 2.45) is 0 Å². The van der Waals surface area contributed by atoms with Gasteiger partial charge in [-0.05, 0) is 12.8 Å². The number of ether oxygens (including phenoxy) is 1. The molecular formula is C11H15N3O2S. The van der Waals surface area contributed by atoms with Crippen LogP contribution in [0.3, 0.4) is 0 Å². The van der Waals surface area contributed by atoms with Crippen molar-refractivity contribution in [3.63, 3.8) is 0 Å². The molecule has 0 aliphatic heterocycles. The third-order valence-electron chi connectivity index (χ3n) is 2.44. The summed E-state index contributed by atoms with van der Waals surface area (Å²) in [5.41, 5.74) is 0. The average Bonchev–Trinajstić information content (AvgIpc) is 3.18. The number of esters is 1. The molecule has 1 atom stereocenters. The maximum Gasteiger partial charge on any atom is 0.323 e. The van der Waals surface area contributed by atoms with Crippen molar-refractivity contribution >= 4 is 17.7 Å². The normalized spacial score (nSPS) is 16.5. The molecule has 0 aromatic carbocycles. The van der Waals surface area contributed by atoms with Crippen LogP contribution in [0.2, 0.25) is 0 Å². The zero-order valence-corrected chi connectivity index (χ0v) is 10.4. The van der Waals surface area contributed by atoms with Crippen LogP contribution in [0.4, 0.5) is 0 Å². The van der Waals surface area contributed by atoms with E-state index in [1.165, 1.54) is 18.9 Å². The molecule has 92 valence electrons. The van der Waals surface area contributed by atoms with Crippen LogP contribution in [-0.2, 0) is 9.53 Å². The zero-order chi connectivity index (χ0) is 12.1. The second kappa shape index (κ2) is 5.97. The van der Waals surface area contributed by atoms with Gasteiger partial charge in [0, 0.05) is 24.2 Å². The van der Waals surface area contributed by atoms with Crippen LogP contribution in [0.15, 0.2) is 23.6 Å². The number of nitrogens with zero attached hydrogens (tertiary/aromatic N) is 2. The van der Waals surface area contributed by atoms with Gasteiger partial charge in [0.25, 0.3) is 0 Å². The third kappa shape index (κ3) is 3.98. The highest BCUT2D eigenvalue weighted by Gasteiger charge is 2.28. The molecule has 1 N–H and O–H groups in total. The highest BCUT2D eigenvalue weighted by atomic mass is 32.2. The lowest BCUT2D eigenvalue weighted by molar-refractivity contribution is -0.142. The Bertz CT molecular complexity index is 370. The number of carbonyl (C=O) groups is 1. The molecule has 17 heavy (non-hydrogen) atoms.